The molecule has 13 N–H and O–H groups in total. The summed E-state index contributed by atoms with van der Waals surface area (Å²) < 4.78 is 0. The van der Waals surface area contributed by atoms with Gasteiger partial charge in [0.25, 0.3) is 0 Å². The van der Waals surface area contributed by atoms with Gasteiger partial charge in [0.15, 0.2) is 0 Å². The number of carboxylic acid groups (broad SMARTS) is 1. The molecule has 0 aliphatic rings. The van der Waals surface area contributed by atoms with E-state index in [0.717, 1.165) is 0 Å². The Labute approximate surface area is 411 Å². The minimum Gasteiger partial charge on any atom is -0.480 e. The minimum atomic E-state index is -1.73. The van der Waals surface area contributed by atoms with Crippen LogP contribution in [0.2, 0.25) is 0 Å². The number of benzene rings is 2. The Morgan fingerprint density at radius 1 is 0.529 bits per heavy atom. The lowest BCUT2D eigenvalue weighted by Gasteiger charge is -2.32. The SMILES string of the molecule is CCC(C)[C@H](NC(=O)CN)C(=O)N[C@@H](CC(C)C)C(O)C(O)CC(=O)N[C@@H](Cc1ccccc1)C(=O)N[C@H](C(=O)N[C@@H](Cc1ccccc1)C(=O)N[C@H](C(=O)N[C@@H](CC(C)C)C(=O)O)C(C)O)C(C)C. The molecule has 0 heterocycles. The van der Waals surface area contributed by atoms with Gasteiger partial charge in [0, 0.05) is 12.8 Å². The average Bonchev–Trinajstić information content (AvgIpc) is 3.29. The maximum Gasteiger partial charge on any atom is 0.326 e. The maximum atomic E-state index is 14.2. The van der Waals surface area contributed by atoms with Crippen LogP contribution in [0.1, 0.15) is 99.1 Å². The third-order valence-corrected chi connectivity index (χ3v) is 11.7. The van der Waals surface area contributed by atoms with E-state index in [1.165, 1.54) is 6.92 Å². The molecular weight excluding hydrogens is 905 g/mol. The third kappa shape index (κ3) is 20.6. The molecule has 0 aromatic heterocycles. The van der Waals surface area contributed by atoms with Gasteiger partial charge in [0.05, 0.1) is 31.2 Å². The average molecular weight is 983 g/mol. The van der Waals surface area contributed by atoms with E-state index in [9.17, 15) is 58.8 Å². The van der Waals surface area contributed by atoms with Gasteiger partial charge in [-0.05, 0) is 54.6 Å². The van der Waals surface area contributed by atoms with Crippen molar-refractivity contribution < 1.29 is 58.8 Å². The predicted molar refractivity (Wildman–Crippen MR) is 262 cm³/mol. The Morgan fingerprint density at radius 3 is 1.43 bits per heavy atom. The number of carboxylic acids is 1. The molecule has 0 bridgehead atoms. The van der Waals surface area contributed by atoms with Crippen LogP contribution in [0.25, 0.3) is 0 Å². The van der Waals surface area contributed by atoms with Crippen molar-refractivity contribution in [2.45, 2.75) is 161 Å². The highest BCUT2D eigenvalue weighted by Crippen LogP contribution is 2.17. The number of hydrogen-bond donors (Lipinski definition) is 12. The van der Waals surface area contributed by atoms with E-state index in [1.54, 1.807) is 95.3 Å². The Morgan fingerprint density at radius 2 is 0.986 bits per heavy atom. The van der Waals surface area contributed by atoms with Crippen molar-refractivity contribution >= 4 is 47.3 Å². The molecule has 0 spiro atoms. The summed E-state index contributed by atoms with van der Waals surface area (Å²) in [5.74, 6) is -7.85. The van der Waals surface area contributed by atoms with Gasteiger partial charge >= 0.3 is 5.97 Å². The largest absolute Gasteiger partial charge is 0.480 e. The number of nitrogens with two attached hydrogens (primary N) is 1. The van der Waals surface area contributed by atoms with Gasteiger partial charge in [-0.3, -0.25) is 33.6 Å². The second-order valence-corrected chi connectivity index (χ2v) is 19.2. The van der Waals surface area contributed by atoms with Crippen LogP contribution in [-0.2, 0) is 51.2 Å². The molecule has 20 nitrogen and oxygen atoms in total. The van der Waals surface area contributed by atoms with Crippen molar-refractivity contribution in [3.63, 3.8) is 0 Å². The van der Waals surface area contributed by atoms with Gasteiger partial charge in [-0.15, -0.1) is 0 Å². The van der Waals surface area contributed by atoms with Crippen LogP contribution in [0.3, 0.4) is 0 Å². The molecule has 0 saturated heterocycles. The summed E-state index contributed by atoms with van der Waals surface area (Å²) in [5.41, 5.74) is 6.71. The van der Waals surface area contributed by atoms with Crippen molar-refractivity contribution in [1.29, 1.82) is 0 Å². The monoisotopic (exact) mass is 983 g/mol. The van der Waals surface area contributed by atoms with Crippen LogP contribution < -0.4 is 43.0 Å². The number of hydrogen-bond acceptors (Lipinski definition) is 12. The molecule has 390 valence electrons. The van der Waals surface area contributed by atoms with E-state index >= 15 is 0 Å². The first-order valence-electron chi connectivity index (χ1n) is 24.0. The summed E-state index contributed by atoms with van der Waals surface area (Å²) in [7, 11) is 0. The van der Waals surface area contributed by atoms with Gasteiger partial charge in [-0.2, -0.15) is 0 Å². The third-order valence-electron chi connectivity index (χ3n) is 11.7. The van der Waals surface area contributed by atoms with Crippen molar-refractivity contribution in [2.75, 3.05) is 6.54 Å². The van der Waals surface area contributed by atoms with Gasteiger partial charge in [0.2, 0.25) is 41.4 Å². The highest BCUT2D eigenvalue weighted by atomic mass is 16.4. The molecule has 70 heavy (non-hydrogen) atoms. The number of nitrogens with one attached hydrogen (secondary N) is 7. The number of aliphatic hydroxyl groups excluding tert-OH is 3. The summed E-state index contributed by atoms with van der Waals surface area (Å²) in [6, 6.07) is 8.29. The van der Waals surface area contributed by atoms with E-state index < -0.39 is 120 Å². The predicted octanol–water partition coefficient (Wildman–Crippen LogP) is 0.196. The van der Waals surface area contributed by atoms with Crippen LogP contribution in [0.4, 0.5) is 0 Å². The molecule has 2 aromatic carbocycles. The number of amides is 7. The number of rotatable bonds is 30. The van der Waals surface area contributed by atoms with E-state index in [2.05, 4.69) is 37.2 Å². The zero-order chi connectivity index (χ0) is 52.8. The van der Waals surface area contributed by atoms with E-state index in [1.807, 2.05) is 20.8 Å². The van der Waals surface area contributed by atoms with Crippen molar-refractivity contribution in [1.82, 2.24) is 37.2 Å². The summed E-state index contributed by atoms with van der Waals surface area (Å²) >= 11 is 0. The molecule has 11 atom stereocenters. The standard InChI is InChI=1S/C50H78N8O12/c1-10-30(8)42(56-40(62)26-51)48(67)53-34(21-27(2)3)44(63)38(60)25-39(61)52-35(23-32-17-13-11-14-18-32)45(64)57-41(29(6)7)47(66)54-36(24-33-19-15-12-16-20-33)46(65)58-43(31(9)59)49(68)55-37(50(69)70)22-28(4)5/h11-20,27-31,34-38,41-44,59-60,63H,10,21-26,51H2,1-9H3,(H,52,61)(H,53,67)(H,54,66)(H,55,68)(H,56,62)(H,57,64)(H,58,65)(H,69,70)/t30?,31?,34-,35-,36-,37-,38?,41-,42-,43-,44?/m0/s1. The first kappa shape index (κ1) is 60.2. The molecule has 0 aliphatic carbocycles. The first-order valence-corrected chi connectivity index (χ1v) is 24.0. The lowest BCUT2D eigenvalue weighted by molar-refractivity contribution is -0.143. The Bertz CT molecular complexity index is 2000. The zero-order valence-corrected chi connectivity index (χ0v) is 41.9. The summed E-state index contributed by atoms with van der Waals surface area (Å²) in [4.78, 5) is 107. The smallest absolute Gasteiger partial charge is 0.326 e. The van der Waals surface area contributed by atoms with Crippen molar-refractivity contribution in [2.24, 2.45) is 29.4 Å². The molecule has 0 radical (unpaired) electrons. The van der Waals surface area contributed by atoms with E-state index in [0.29, 0.717) is 17.5 Å². The van der Waals surface area contributed by atoms with Gasteiger partial charge in [-0.1, -0.05) is 122 Å². The van der Waals surface area contributed by atoms with Gasteiger partial charge in [-0.25, -0.2) is 4.79 Å². The van der Waals surface area contributed by atoms with Crippen molar-refractivity contribution in [3.05, 3.63) is 71.8 Å². The van der Waals surface area contributed by atoms with Crippen LogP contribution in [-0.4, -0.2) is 135 Å². The number of aliphatic hydroxyl groups is 3. The highest BCUT2D eigenvalue weighted by molar-refractivity contribution is 5.96. The zero-order valence-electron chi connectivity index (χ0n) is 41.9. The Balaban J connectivity index is 2.39. The normalized spacial score (nSPS) is 16.2. The van der Waals surface area contributed by atoms with E-state index in [4.69, 9.17) is 5.73 Å². The fourth-order valence-electron chi connectivity index (χ4n) is 7.61. The van der Waals surface area contributed by atoms with Crippen molar-refractivity contribution in [3.8, 4) is 0 Å². The molecule has 0 aliphatic heterocycles. The van der Waals surface area contributed by atoms with Crippen LogP contribution in [0, 0.1) is 23.7 Å². The molecular formula is C50H78N8O12. The summed E-state index contributed by atoms with van der Waals surface area (Å²) in [6.07, 6.45) is -4.94. The van der Waals surface area contributed by atoms with Crippen LogP contribution in [0.5, 0.6) is 0 Å². The maximum absolute atomic E-state index is 14.2. The Hall–Kier alpha value is -5.96. The molecule has 0 saturated carbocycles. The Kier molecular flexibility index (Phi) is 25.7. The minimum absolute atomic E-state index is 0.0667. The van der Waals surface area contributed by atoms with Gasteiger partial charge < -0.3 is 63.4 Å². The molecule has 20 heteroatoms. The topological polar surface area (TPSA) is 328 Å². The van der Waals surface area contributed by atoms with Crippen LogP contribution in [0.15, 0.2) is 60.7 Å². The number of aliphatic carboxylic acids is 1. The fourth-order valence-corrected chi connectivity index (χ4v) is 7.61. The molecule has 4 unspecified atom stereocenters. The lowest BCUT2D eigenvalue weighted by Crippen LogP contribution is -2.61. The molecule has 2 rings (SSSR count). The van der Waals surface area contributed by atoms with E-state index in [-0.39, 0.29) is 50.0 Å². The second-order valence-electron chi connectivity index (χ2n) is 19.2. The second kappa shape index (κ2) is 29.9. The molecule has 2 aromatic rings. The molecule has 0 fully saturated rings. The lowest BCUT2D eigenvalue weighted by atomic mass is 9.92. The van der Waals surface area contributed by atoms with Crippen LogP contribution >= 0.6 is 0 Å². The fraction of sp³-hybridized carbons (Fsp3) is 0.600. The summed E-state index contributed by atoms with van der Waals surface area (Å²) in [5, 5.41) is 61.1. The molecule has 7 amide bonds. The first-order chi connectivity index (χ1) is 32.9. The quantitative estimate of drug-likeness (QED) is 0.0499. The van der Waals surface area contributed by atoms with Gasteiger partial charge in [0.1, 0.15) is 42.4 Å². The summed E-state index contributed by atoms with van der Waals surface area (Å²) in [6.45, 7) is 15.0. The number of carbonyl (C=O) groups is 8. The number of carbonyl (C=O) groups excluding carboxylic acids is 7. The highest BCUT2D eigenvalue weighted by Gasteiger charge is 2.37.